The fourth-order valence-corrected chi connectivity index (χ4v) is 3.37. The van der Waals surface area contributed by atoms with Crippen molar-refractivity contribution >= 4 is 51.5 Å². The number of fused-ring (bicyclic) bond motifs is 1. The lowest BCUT2D eigenvalue weighted by Gasteiger charge is -2.15. The number of unbranched alkanes of at least 4 members (excludes halogenated alkanes) is 1. The fraction of sp³-hybridized carbons (Fsp3) is 0.304. The Balaban J connectivity index is 1.84. The van der Waals surface area contributed by atoms with Crippen molar-refractivity contribution in [2.24, 2.45) is 0 Å². The number of nitrogens with zero attached hydrogens (tertiary/aromatic N) is 2. The summed E-state index contributed by atoms with van der Waals surface area (Å²) in [6.07, 6.45) is 2.55. The van der Waals surface area contributed by atoms with Crippen LogP contribution in [-0.2, 0) is 14.3 Å². The molecule has 0 saturated carbocycles. The number of hydrogen-bond acceptors (Lipinski definition) is 8. The monoisotopic (exact) mass is 505 g/mol. The number of rotatable bonds is 12. The summed E-state index contributed by atoms with van der Waals surface area (Å²) in [5, 5.41) is 15.0. The van der Waals surface area contributed by atoms with Crippen LogP contribution in [0.15, 0.2) is 36.7 Å². The number of hydroxylamine groups is 1. The van der Waals surface area contributed by atoms with Crippen LogP contribution in [0.2, 0.25) is 5.02 Å². The third-order valence-corrected chi connectivity index (χ3v) is 5.21. The molecule has 0 aliphatic rings. The summed E-state index contributed by atoms with van der Waals surface area (Å²) < 4.78 is 24.3. The van der Waals surface area contributed by atoms with Crippen LogP contribution in [0.3, 0.4) is 0 Å². The maximum absolute atomic E-state index is 13.5. The molecule has 3 aromatic rings. The predicted molar refractivity (Wildman–Crippen MR) is 129 cm³/mol. The molecule has 0 unspecified atom stereocenters. The molecule has 35 heavy (non-hydrogen) atoms. The van der Waals surface area contributed by atoms with Crippen molar-refractivity contribution in [2.45, 2.75) is 25.7 Å². The third kappa shape index (κ3) is 7.47. The minimum atomic E-state index is -0.537. The molecule has 0 bridgehead atoms. The van der Waals surface area contributed by atoms with Crippen molar-refractivity contribution in [3.05, 3.63) is 47.5 Å². The summed E-state index contributed by atoms with van der Waals surface area (Å²) in [5.74, 6) is -0.494. The highest BCUT2D eigenvalue weighted by Gasteiger charge is 2.14. The Morgan fingerprint density at radius 1 is 1.09 bits per heavy atom. The van der Waals surface area contributed by atoms with Gasteiger partial charge in [0, 0.05) is 37.1 Å². The Morgan fingerprint density at radius 3 is 2.57 bits per heavy atom. The van der Waals surface area contributed by atoms with E-state index in [1.165, 1.54) is 24.5 Å². The summed E-state index contributed by atoms with van der Waals surface area (Å²) in [6.45, 7) is 0.603. The lowest BCUT2D eigenvalue weighted by Crippen LogP contribution is -2.18. The average molecular weight is 506 g/mol. The van der Waals surface area contributed by atoms with Gasteiger partial charge in [0.05, 0.1) is 22.8 Å². The maximum Gasteiger partial charge on any atom is 0.243 e. The molecule has 3 rings (SSSR count). The number of benzene rings is 2. The van der Waals surface area contributed by atoms with Crippen LogP contribution < -0.4 is 20.9 Å². The zero-order chi connectivity index (χ0) is 25.2. The van der Waals surface area contributed by atoms with Gasteiger partial charge in [0.25, 0.3) is 0 Å². The quantitative estimate of drug-likeness (QED) is 0.163. The summed E-state index contributed by atoms with van der Waals surface area (Å²) in [7, 11) is 1.55. The average Bonchev–Trinajstić information content (AvgIpc) is 2.84. The molecule has 0 aliphatic heterocycles. The van der Waals surface area contributed by atoms with E-state index in [1.807, 2.05) is 0 Å². The number of carbonyl (C=O) groups excluding carboxylic acids is 2. The molecule has 2 amide bonds. The minimum Gasteiger partial charge on any atom is -0.489 e. The van der Waals surface area contributed by atoms with E-state index in [4.69, 9.17) is 26.3 Å². The lowest BCUT2D eigenvalue weighted by molar-refractivity contribution is -0.129. The zero-order valence-corrected chi connectivity index (χ0v) is 19.7. The van der Waals surface area contributed by atoms with Crippen LogP contribution in [0.5, 0.6) is 5.75 Å². The van der Waals surface area contributed by atoms with E-state index >= 15 is 0 Å². The number of hydrogen-bond donors (Lipinski definition) is 4. The standard InChI is InChI=1S/C23H25ClFN5O5/c1-34-8-9-35-20-12-18-15(11-19(20)29-21(31)4-2-3-5-22(32)30-33)23(27-13-26-18)28-14-6-7-17(25)16(24)10-14/h6-7,10-13,33H,2-5,8-9H2,1H3,(H,29,31)(H,30,32)(H,26,27,28). The van der Waals surface area contributed by atoms with Crippen molar-refractivity contribution in [3.63, 3.8) is 0 Å². The number of nitrogens with one attached hydrogen (secondary N) is 3. The van der Waals surface area contributed by atoms with Gasteiger partial charge in [-0.3, -0.25) is 14.8 Å². The van der Waals surface area contributed by atoms with Crippen LogP contribution in [0.1, 0.15) is 25.7 Å². The summed E-state index contributed by atoms with van der Waals surface area (Å²) in [6, 6.07) is 7.56. The first-order valence-corrected chi connectivity index (χ1v) is 11.1. The number of aromatic nitrogens is 2. The second kappa shape index (κ2) is 12.8. The molecular formula is C23H25ClFN5O5. The van der Waals surface area contributed by atoms with Crippen LogP contribution in [0.25, 0.3) is 10.9 Å². The molecule has 0 atom stereocenters. The molecule has 0 spiro atoms. The van der Waals surface area contributed by atoms with Gasteiger partial charge in [0.15, 0.2) is 0 Å². The van der Waals surface area contributed by atoms with Gasteiger partial charge in [-0.25, -0.2) is 19.8 Å². The van der Waals surface area contributed by atoms with Gasteiger partial charge in [-0.1, -0.05) is 11.6 Å². The summed E-state index contributed by atoms with van der Waals surface area (Å²) in [5.41, 5.74) is 3.04. The third-order valence-electron chi connectivity index (χ3n) is 4.92. The normalized spacial score (nSPS) is 10.7. The van der Waals surface area contributed by atoms with Gasteiger partial charge in [0.2, 0.25) is 11.8 Å². The van der Waals surface area contributed by atoms with Crippen molar-refractivity contribution in [1.29, 1.82) is 0 Å². The van der Waals surface area contributed by atoms with E-state index in [0.717, 1.165) is 0 Å². The molecule has 0 saturated heterocycles. The van der Waals surface area contributed by atoms with Crippen LogP contribution in [0.4, 0.5) is 21.6 Å². The fourth-order valence-electron chi connectivity index (χ4n) is 3.19. The molecule has 10 nitrogen and oxygen atoms in total. The molecule has 0 aliphatic carbocycles. The van der Waals surface area contributed by atoms with Crippen molar-refractivity contribution in [1.82, 2.24) is 15.4 Å². The molecule has 2 aromatic carbocycles. The summed E-state index contributed by atoms with van der Waals surface area (Å²) in [4.78, 5) is 32.2. The predicted octanol–water partition coefficient (Wildman–Crippen LogP) is 4.20. The van der Waals surface area contributed by atoms with Gasteiger partial charge < -0.3 is 20.1 Å². The number of methoxy groups -OCH3 is 1. The minimum absolute atomic E-state index is 0.0355. The molecule has 1 aromatic heterocycles. The number of ether oxygens (including phenoxy) is 2. The topological polar surface area (TPSA) is 135 Å². The largest absolute Gasteiger partial charge is 0.489 e. The molecule has 12 heteroatoms. The highest BCUT2D eigenvalue weighted by Crippen LogP contribution is 2.34. The van der Waals surface area contributed by atoms with Gasteiger partial charge >= 0.3 is 0 Å². The Kier molecular flexibility index (Phi) is 9.53. The second-order valence-electron chi connectivity index (χ2n) is 7.47. The molecule has 0 radical (unpaired) electrons. The zero-order valence-electron chi connectivity index (χ0n) is 18.9. The molecule has 186 valence electrons. The van der Waals surface area contributed by atoms with Gasteiger partial charge in [-0.2, -0.15) is 0 Å². The van der Waals surface area contributed by atoms with Gasteiger partial charge in [-0.05, 0) is 37.1 Å². The van der Waals surface area contributed by atoms with E-state index < -0.39 is 11.7 Å². The maximum atomic E-state index is 13.5. The molecule has 0 fully saturated rings. The molecule has 4 N–H and O–H groups in total. The van der Waals surface area contributed by atoms with Crippen LogP contribution >= 0.6 is 11.6 Å². The van der Waals surface area contributed by atoms with E-state index in [9.17, 15) is 14.0 Å². The second-order valence-corrected chi connectivity index (χ2v) is 7.88. The number of amides is 2. The van der Waals surface area contributed by atoms with E-state index in [0.29, 0.717) is 53.3 Å². The lowest BCUT2D eigenvalue weighted by atomic mass is 10.1. The Bertz CT molecular complexity index is 1200. The van der Waals surface area contributed by atoms with Crippen molar-refractivity contribution in [3.8, 4) is 5.75 Å². The van der Waals surface area contributed by atoms with Crippen molar-refractivity contribution in [2.75, 3.05) is 31.0 Å². The number of halogens is 2. The van der Waals surface area contributed by atoms with E-state index in [2.05, 4.69) is 20.6 Å². The first kappa shape index (κ1) is 26.1. The van der Waals surface area contributed by atoms with Gasteiger partial charge in [-0.15, -0.1) is 0 Å². The Morgan fingerprint density at radius 2 is 1.86 bits per heavy atom. The van der Waals surface area contributed by atoms with E-state index in [-0.39, 0.29) is 30.4 Å². The van der Waals surface area contributed by atoms with E-state index in [1.54, 1.807) is 24.7 Å². The van der Waals surface area contributed by atoms with Gasteiger partial charge in [0.1, 0.15) is 30.3 Å². The number of carbonyl (C=O) groups is 2. The first-order chi connectivity index (χ1) is 16.9. The Hall–Kier alpha value is -3.54. The van der Waals surface area contributed by atoms with Crippen LogP contribution in [0, 0.1) is 5.82 Å². The highest BCUT2D eigenvalue weighted by atomic mass is 35.5. The smallest absolute Gasteiger partial charge is 0.243 e. The SMILES string of the molecule is COCCOc1cc2ncnc(Nc3ccc(F)c(Cl)c3)c2cc1NC(=O)CCCCC(=O)NO. The molecule has 1 heterocycles. The summed E-state index contributed by atoms with van der Waals surface area (Å²) >= 11 is 5.88. The van der Waals surface area contributed by atoms with Crippen LogP contribution in [-0.4, -0.2) is 47.3 Å². The highest BCUT2D eigenvalue weighted by molar-refractivity contribution is 6.31. The Labute approximate surface area is 205 Å². The van der Waals surface area contributed by atoms with Crippen molar-refractivity contribution < 1.29 is 28.7 Å². The first-order valence-electron chi connectivity index (χ1n) is 10.8. The molecular weight excluding hydrogens is 481 g/mol. The number of anilines is 3.